The molecule has 1 heterocycles. The number of carboxylic acids is 1. The third-order valence-corrected chi connectivity index (χ3v) is 4.05. The smallest absolute Gasteiger partial charge is 0.340 e. The van der Waals surface area contributed by atoms with Crippen molar-refractivity contribution in [2.24, 2.45) is 0 Å². The summed E-state index contributed by atoms with van der Waals surface area (Å²) in [7, 11) is 3.04. The highest BCUT2D eigenvalue weighted by molar-refractivity contribution is 5.97. The molecule has 0 spiro atoms. The summed E-state index contributed by atoms with van der Waals surface area (Å²) in [5.41, 5.74) is 2.12. The molecule has 0 amide bonds. The molecule has 0 unspecified atom stereocenters. The van der Waals surface area contributed by atoms with Gasteiger partial charge in [0.15, 0.2) is 0 Å². The van der Waals surface area contributed by atoms with Crippen LogP contribution in [0.2, 0.25) is 0 Å². The first-order valence-electron chi connectivity index (χ1n) is 8.36. The number of allylic oxidation sites excluding steroid dienone is 1. The highest BCUT2D eigenvalue weighted by atomic mass is 16.5. The second kappa shape index (κ2) is 8.89. The Morgan fingerprint density at radius 1 is 1.26 bits per heavy atom. The van der Waals surface area contributed by atoms with E-state index in [4.69, 9.17) is 9.47 Å². The minimum absolute atomic E-state index is 0.174. The van der Waals surface area contributed by atoms with Gasteiger partial charge in [0.1, 0.15) is 22.8 Å². The van der Waals surface area contributed by atoms with Gasteiger partial charge in [0.2, 0.25) is 0 Å². The largest absolute Gasteiger partial charge is 0.507 e. The van der Waals surface area contributed by atoms with E-state index in [1.807, 2.05) is 6.92 Å². The van der Waals surface area contributed by atoms with E-state index in [1.165, 1.54) is 7.11 Å². The van der Waals surface area contributed by atoms with Crippen molar-refractivity contribution in [3.63, 3.8) is 0 Å². The fourth-order valence-corrected chi connectivity index (χ4v) is 2.64. The minimum Gasteiger partial charge on any atom is -0.507 e. The van der Waals surface area contributed by atoms with E-state index in [-0.39, 0.29) is 11.3 Å². The summed E-state index contributed by atoms with van der Waals surface area (Å²) in [5, 5.41) is 20.2. The molecule has 142 valence electrons. The Labute approximate surface area is 158 Å². The van der Waals surface area contributed by atoms with Crippen LogP contribution in [0.3, 0.4) is 0 Å². The molecule has 0 aliphatic rings. The van der Waals surface area contributed by atoms with Gasteiger partial charge in [0.25, 0.3) is 0 Å². The summed E-state index contributed by atoms with van der Waals surface area (Å²) >= 11 is 0. The molecule has 2 N–H and O–H groups in total. The van der Waals surface area contributed by atoms with Crippen molar-refractivity contribution in [3.8, 4) is 17.2 Å². The van der Waals surface area contributed by atoms with Crippen LogP contribution in [0.25, 0.3) is 12.2 Å². The zero-order valence-electron chi connectivity index (χ0n) is 15.7. The van der Waals surface area contributed by atoms with E-state index in [1.54, 1.807) is 43.7 Å². The number of benzene rings is 1. The maximum atomic E-state index is 11.8. The predicted molar refractivity (Wildman–Crippen MR) is 104 cm³/mol. The normalized spacial score (nSPS) is 10.8. The number of rotatable bonds is 8. The van der Waals surface area contributed by atoms with E-state index < -0.39 is 5.97 Å². The van der Waals surface area contributed by atoms with Gasteiger partial charge in [-0.25, -0.2) is 4.79 Å². The maximum absolute atomic E-state index is 11.8. The Kier molecular flexibility index (Phi) is 6.60. The van der Waals surface area contributed by atoms with E-state index >= 15 is 0 Å². The fraction of sp³-hybridized carbons (Fsp3) is 0.238. The van der Waals surface area contributed by atoms with Gasteiger partial charge in [0.05, 0.1) is 19.9 Å². The van der Waals surface area contributed by atoms with Gasteiger partial charge in [-0.15, -0.1) is 6.58 Å². The van der Waals surface area contributed by atoms with Gasteiger partial charge >= 0.3 is 5.97 Å². The average molecular weight is 369 g/mol. The second-order valence-electron chi connectivity index (χ2n) is 6.09. The second-order valence-corrected chi connectivity index (χ2v) is 6.09. The highest BCUT2D eigenvalue weighted by Gasteiger charge is 2.21. The molecule has 0 radical (unpaired) electrons. The first-order valence-corrected chi connectivity index (χ1v) is 8.36. The van der Waals surface area contributed by atoms with Crippen LogP contribution >= 0.6 is 0 Å². The molecule has 0 fully saturated rings. The molecule has 0 atom stereocenters. The molecule has 2 aromatic rings. The van der Waals surface area contributed by atoms with Crippen LogP contribution in [0.1, 0.15) is 40.5 Å². The predicted octanol–water partition coefficient (Wildman–Crippen LogP) is 4.18. The Morgan fingerprint density at radius 3 is 2.59 bits per heavy atom. The zero-order valence-corrected chi connectivity index (χ0v) is 15.7. The summed E-state index contributed by atoms with van der Waals surface area (Å²) in [6.45, 7) is 5.72. The van der Waals surface area contributed by atoms with Crippen molar-refractivity contribution in [2.75, 3.05) is 14.2 Å². The summed E-state index contributed by atoms with van der Waals surface area (Å²) in [5.74, 6) is -0.443. The van der Waals surface area contributed by atoms with Crippen molar-refractivity contribution in [1.29, 1.82) is 0 Å². The number of carboxylic acid groups (broad SMARTS) is 1. The summed E-state index contributed by atoms with van der Waals surface area (Å²) in [4.78, 5) is 15.9. The van der Waals surface area contributed by atoms with Gasteiger partial charge in [-0.05, 0) is 43.5 Å². The third kappa shape index (κ3) is 4.88. The fourth-order valence-electron chi connectivity index (χ4n) is 2.64. The molecule has 1 aromatic heterocycles. The highest BCUT2D eigenvalue weighted by Crippen LogP contribution is 2.36. The quantitative estimate of drug-likeness (QED) is 0.679. The van der Waals surface area contributed by atoms with Crippen molar-refractivity contribution in [3.05, 3.63) is 58.9 Å². The lowest BCUT2D eigenvalue weighted by Crippen LogP contribution is -2.05. The molecule has 2 rings (SSSR count). The van der Waals surface area contributed by atoms with E-state index in [0.717, 1.165) is 5.57 Å². The van der Waals surface area contributed by atoms with Crippen LogP contribution in [-0.4, -0.2) is 35.4 Å². The lowest BCUT2D eigenvalue weighted by atomic mass is 9.96. The number of carbonyl (C=O) groups is 1. The van der Waals surface area contributed by atoms with Crippen LogP contribution in [0.5, 0.6) is 17.2 Å². The van der Waals surface area contributed by atoms with Crippen molar-refractivity contribution >= 4 is 18.1 Å². The summed E-state index contributed by atoms with van der Waals surface area (Å²) in [6, 6.07) is 5.04. The molecular weight excluding hydrogens is 346 g/mol. The van der Waals surface area contributed by atoms with E-state index in [0.29, 0.717) is 41.2 Å². The number of hydrogen-bond acceptors (Lipinski definition) is 5. The third-order valence-electron chi connectivity index (χ3n) is 4.05. The van der Waals surface area contributed by atoms with Crippen molar-refractivity contribution < 1.29 is 24.5 Å². The molecule has 27 heavy (non-hydrogen) atoms. The maximum Gasteiger partial charge on any atom is 0.340 e. The lowest BCUT2D eigenvalue weighted by molar-refractivity contribution is 0.0693. The topological polar surface area (TPSA) is 88.9 Å². The van der Waals surface area contributed by atoms with Gasteiger partial charge < -0.3 is 19.7 Å². The SMILES string of the molecule is C=C(C)CCc1c(OC)cc(/C=C/c2cc(OC)ccn2)c(C(=O)O)c1O. The average Bonchev–Trinajstić information content (AvgIpc) is 2.64. The number of pyridine rings is 1. The molecule has 0 bridgehead atoms. The van der Waals surface area contributed by atoms with Crippen LogP contribution in [0.4, 0.5) is 0 Å². The van der Waals surface area contributed by atoms with Crippen LogP contribution < -0.4 is 9.47 Å². The van der Waals surface area contributed by atoms with Crippen LogP contribution in [-0.2, 0) is 6.42 Å². The number of methoxy groups -OCH3 is 2. The molecule has 0 saturated carbocycles. The first-order chi connectivity index (χ1) is 12.9. The van der Waals surface area contributed by atoms with Crippen molar-refractivity contribution in [1.82, 2.24) is 4.98 Å². The van der Waals surface area contributed by atoms with Gasteiger partial charge in [0, 0.05) is 17.8 Å². The molecular formula is C21H23NO5. The van der Waals surface area contributed by atoms with Crippen LogP contribution in [0.15, 0.2) is 36.5 Å². The molecule has 1 aromatic carbocycles. The number of phenols is 1. The van der Waals surface area contributed by atoms with Gasteiger partial charge in [-0.1, -0.05) is 11.6 Å². The van der Waals surface area contributed by atoms with Crippen LogP contribution in [0, 0.1) is 0 Å². The molecule has 0 saturated heterocycles. The zero-order chi connectivity index (χ0) is 20.0. The number of ether oxygens (including phenoxy) is 2. The Hall–Kier alpha value is -3.28. The van der Waals surface area contributed by atoms with E-state index in [9.17, 15) is 15.0 Å². The molecule has 6 nitrogen and oxygen atoms in total. The first kappa shape index (κ1) is 20.0. The summed E-state index contributed by atoms with van der Waals surface area (Å²) in [6.07, 6.45) is 5.88. The lowest BCUT2D eigenvalue weighted by Gasteiger charge is -2.15. The molecule has 6 heteroatoms. The van der Waals surface area contributed by atoms with E-state index in [2.05, 4.69) is 11.6 Å². The van der Waals surface area contributed by atoms with Gasteiger partial charge in [-0.2, -0.15) is 0 Å². The summed E-state index contributed by atoms with van der Waals surface area (Å²) < 4.78 is 10.5. The number of aromatic hydroxyl groups is 1. The van der Waals surface area contributed by atoms with Gasteiger partial charge in [-0.3, -0.25) is 4.98 Å². The monoisotopic (exact) mass is 369 g/mol. The Morgan fingerprint density at radius 2 is 2.00 bits per heavy atom. The Bertz CT molecular complexity index is 886. The number of aromatic carboxylic acids is 1. The molecule has 0 aliphatic carbocycles. The molecule has 0 aliphatic heterocycles. The standard InChI is InChI=1S/C21H23NO5/c1-13(2)5-8-17-18(27-4)11-14(19(20(17)23)21(24)25)6-7-15-12-16(26-3)9-10-22-15/h6-7,9-12,23H,1,5,8H2,2-4H3,(H,24,25)/b7-6+. The number of aromatic nitrogens is 1. The van der Waals surface area contributed by atoms with Crippen molar-refractivity contribution in [2.45, 2.75) is 19.8 Å². The number of nitrogens with zero attached hydrogens (tertiary/aromatic N) is 1. The minimum atomic E-state index is -1.22. The number of hydrogen-bond donors (Lipinski definition) is 2. The Balaban J connectivity index is 2.51.